The molecule has 0 fully saturated rings. The molecule has 11 aromatic rings. The lowest BCUT2D eigenvalue weighted by molar-refractivity contribution is 0.0679. The van der Waals surface area contributed by atoms with Crippen LogP contribution in [0.15, 0.2) is 211 Å². The first-order valence-electron chi connectivity index (χ1n) is 45.2. The Morgan fingerprint density at radius 3 is 1.18 bits per heavy atom. The number of hydrogen-bond donors (Lipinski definition) is 8. The molecule has 0 saturated heterocycles. The summed E-state index contributed by atoms with van der Waals surface area (Å²) in [6, 6.07) is 44.4. The lowest BCUT2D eigenvalue weighted by Gasteiger charge is -2.35. The summed E-state index contributed by atoms with van der Waals surface area (Å²) in [6.07, 6.45) is 11.3. The third-order valence-corrected chi connectivity index (χ3v) is 32.7. The highest BCUT2D eigenvalue weighted by Gasteiger charge is 2.42. The quantitative estimate of drug-likeness (QED) is 0.0558. The molecule has 0 radical (unpaired) electrons. The zero-order valence-electron chi connectivity index (χ0n) is 77.8. The summed E-state index contributed by atoms with van der Waals surface area (Å²) in [4.78, 5) is 92.5. The van der Waals surface area contributed by atoms with Crippen LogP contribution in [0.4, 0.5) is 26.3 Å². The molecule has 44 heteroatoms. The van der Waals surface area contributed by atoms with Crippen molar-refractivity contribution in [3.63, 3.8) is 0 Å². The average Bonchev–Trinajstić information content (AvgIpc) is 1.71. The molecule has 11 N–H and O–H groups in total. The number of benzene rings is 9. The normalized spacial score (nSPS) is 17.6. The van der Waals surface area contributed by atoms with Crippen molar-refractivity contribution in [3.05, 3.63) is 363 Å². The second-order valence-electron chi connectivity index (χ2n) is 35.3. The number of aromatic nitrogens is 2. The number of halogens is 13. The molecule has 19 rings (SSSR count). The zero-order valence-corrected chi connectivity index (χ0v) is 91.4. The van der Waals surface area contributed by atoms with Gasteiger partial charge in [-0.05, 0) is 216 Å². The van der Waals surface area contributed by atoms with Crippen LogP contribution in [-0.4, -0.2) is 201 Å². The van der Waals surface area contributed by atoms with Gasteiger partial charge in [-0.1, -0.05) is 189 Å². The predicted octanol–water partition coefficient (Wildman–Crippen LogP) is 17.1. The van der Waals surface area contributed by atoms with Gasteiger partial charge in [0.05, 0.1) is 37.4 Å². The first-order chi connectivity index (χ1) is 68.0. The van der Waals surface area contributed by atoms with E-state index in [0.717, 1.165) is 115 Å². The number of Topliss-reactive ketones (excluding diaryl/α,β-unsaturated/α-hetero) is 1. The molecular formula is C103H112Br7F6N13O15S3. The number of nitrogens with one attached hydrogen (secondary N) is 3. The maximum absolute atomic E-state index is 13.9. The summed E-state index contributed by atoms with van der Waals surface area (Å²) in [6.45, 7) is 7.01. The minimum absolute atomic E-state index is 0. The van der Waals surface area contributed by atoms with E-state index in [1.165, 1.54) is 70.5 Å². The van der Waals surface area contributed by atoms with Crippen molar-refractivity contribution >= 4 is 171 Å². The Morgan fingerprint density at radius 1 is 0.429 bits per heavy atom. The summed E-state index contributed by atoms with van der Waals surface area (Å²) < 4.78 is 165. The Kier molecular flexibility index (Phi) is 41.9. The van der Waals surface area contributed by atoms with Crippen LogP contribution >= 0.6 is 112 Å². The summed E-state index contributed by atoms with van der Waals surface area (Å²) in [5.74, 6) is -11.8. The molecule has 0 saturated carbocycles. The second-order valence-corrected chi connectivity index (χ2v) is 47.7. The first kappa shape index (κ1) is 119. The van der Waals surface area contributed by atoms with E-state index in [2.05, 4.69) is 177 Å². The highest BCUT2D eigenvalue weighted by Crippen LogP contribution is 2.40. The Balaban J connectivity index is 0.000000183. The van der Waals surface area contributed by atoms with E-state index in [1.807, 2.05) is 84.9 Å². The molecule has 4 amide bonds. The Hall–Kier alpha value is -9.46. The molecule has 147 heavy (non-hydrogen) atoms. The topological polar surface area (TPSA) is 403 Å². The number of nitrogens with two attached hydrogens (primary N) is 3. The van der Waals surface area contributed by atoms with Crippen LogP contribution in [0.25, 0.3) is 0 Å². The maximum atomic E-state index is 13.9. The van der Waals surface area contributed by atoms with Gasteiger partial charge >= 0.3 is 0 Å². The van der Waals surface area contributed by atoms with Crippen molar-refractivity contribution < 1.29 is 85.8 Å². The van der Waals surface area contributed by atoms with E-state index in [-0.39, 0.29) is 77.1 Å². The van der Waals surface area contributed by atoms with Gasteiger partial charge in [0, 0.05) is 175 Å². The standard InChI is InChI=1S/2C24H17BrF3N3O4.C12H16BrNO2S.C11H15BrN2O2S.C11H12BrNO3S.C10H13BrN2.C8H10BrN.3CH4/c2*25-12-2-1-11-3-4-30-10-19(14(11)5-12)31-9-16(21(32)22(33)20(31)24(30)35)23(34)29-8-15-17(27)6-13(26)7-18(15)28;1-9-8-14(17(2,15)16)6-5-10-3-4-11(13)7-12(9)10;1-17(15,16)14-5-4-8-2-3-9(12)6-10(8)11(13)7-14;1-17(15,16)13-5-4-8-2-3-9(12)6-10(8)11(14)7-13;11-8-2-1-7-3-4-13-6-10(12)9(7)5-8;9-8-3-1-7(2-4-8)5-6-10;;;/h2*1-2,5-7,9,19,33H,3-4,8,10H2,(H,29,34);3-4,7,9H,5-6,8H2,1-2H3;2-3,6,11H,4-5,7,13H2,1H3;2-3,6H,4-5,7H2,1H3;1-2,5,10,13H,3-4,6,12H2;1-4H,5-6,10H2;3*1H4/t2*19-;;;;;;;;/m10......../s1. The van der Waals surface area contributed by atoms with E-state index in [9.17, 15) is 95.4 Å². The molecule has 8 aliphatic heterocycles. The molecule has 8 aliphatic rings. The molecule has 5 atom stereocenters. The van der Waals surface area contributed by atoms with Gasteiger partial charge in [-0.3, -0.25) is 33.6 Å². The predicted molar refractivity (Wildman–Crippen MR) is 581 cm³/mol. The van der Waals surface area contributed by atoms with Gasteiger partial charge in [-0.25, -0.2) is 55.9 Å². The lowest BCUT2D eigenvalue weighted by Crippen LogP contribution is -2.45. The first-order valence-corrected chi connectivity index (χ1v) is 56.3. The van der Waals surface area contributed by atoms with E-state index in [0.29, 0.717) is 101 Å². The number of fused-ring (bicyclic) bond motifs is 16. The van der Waals surface area contributed by atoms with Gasteiger partial charge in [0.25, 0.3) is 23.6 Å². The molecule has 2 aromatic heterocycles. The molecule has 3 unspecified atom stereocenters. The number of sulfonamides is 3. The lowest BCUT2D eigenvalue weighted by atomic mass is 9.96. The molecule has 10 heterocycles. The van der Waals surface area contributed by atoms with Crippen LogP contribution in [0, 0.1) is 34.9 Å². The third-order valence-electron chi connectivity index (χ3n) is 25.5. The largest absolute Gasteiger partial charge is 0.503 e. The number of amides is 4. The highest BCUT2D eigenvalue weighted by molar-refractivity contribution is 9.11. The fourth-order valence-corrected chi connectivity index (χ4v) is 23.0. The number of rotatable bonds is 11. The van der Waals surface area contributed by atoms with Crippen LogP contribution in [0.5, 0.6) is 11.5 Å². The summed E-state index contributed by atoms with van der Waals surface area (Å²) >= 11 is 23.9. The van der Waals surface area contributed by atoms with Crippen LogP contribution in [0.1, 0.15) is 189 Å². The monoisotopic (exact) mass is 2530 g/mol. The number of nitrogens with zero attached hydrogens (tertiary/aromatic N) is 7. The van der Waals surface area contributed by atoms with E-state index in [4.69, 9.17) is 17.2 Å². The van der Waals surface area contributed by atoms with Gasteiger partial charge in [-0.2, -0.15) is 8.61 Å². The van der Waals surface area contributed by atoms with Gasteiger partial charge in [-0.15, -0.1) is 0 Å². The fraction of sp³-hybridized carbons (Fsp3) is 0.330. The number of carbonyl (C=O) groups excluding carboxylic acids is 5. The van der Waals surface area contributed by atoms with Crippen molar-refractivity contribution in [2.45, 2.75) is 117 Å². The summed E-state index contributed by atoms with van der Waals surface area (Å²) in [7, 11) is -9.57. The third kappa shape index (κ3) is 29.5. The Bertz CT molecular complexity index is 6950. The average molecular weight is 2540 g/mol. The van der Waals surface area contributed by atoms with Crippen LogP contribution in [0.2, 0.25) is 0 Å². The fourth-order valence-electron chi connectivity index (χ4n) is 18.0. The van der Waals surface area contributed by atoms with Gasteiger partial charge in [0.15, 0.2) is 28.7 Å². The molecule has 0 aliphatic carbocycles. The number of hydrogen-bond acceptors (Lipinski definition) is 19. The number of ketones is 1. The zero-order chi connectivity index (χ0) is 105. The molecule has 28 nitrogen and oxygen atoms in total. The van der Waals surface area contributed by atoms with Gasteiger partial charge in [0.2, 0.25) is 40.9 Å². The minimum atomic E-state index is -3.31. The Morgan fingerprint density at radius 2 is 0.769 bits per heavy atom. The molecule has 9 aromatic carbocycles. The van der Waals surface area contributed by atoms with E-state index in [1.54, 1.807) is 20.2 Å². The minimum Gasteiger partial charge on any atom is -0.503 e. The Labute approximate surface area is 909 Å². The smallest absolute Gasteiger partial charge is 0.274 e. The van der Waals surface area contributed by atoms with Gasteiger partial charge < -0.3 is 62.3 Å². The van der Waals surface area contributed by atoms with E-state index < -0.39 is 158 Å². The van der Waals surface area contributed by atoms with Crippen molar-refractivity contribution in [2.75, 3.05) is 104 Å². The van der Waals surface area contributed by atoms with Crippen LogP contribution in [0.3, 0.4) is 0 Å². The number of aromatic hydroxyl groups is 2. The molecule has 0 spiro atoms. The summed E-state index contributed by atoms with van der Waals surface area (Å²) in [5.41, 5.74) is 26.5. The second kappa shape index (κ2) is 51.6. The number of pyridine rings is 2. The SMILES string of the molecule is C.C.C.CC1CN(S(C)(=O)=O)CCc2ccc(Br)cc21.CS(=O)(=O)N1CCc2ccc(Br)cc2C(=O)C1.CS(=O)(=O)N1CCc2ccc(Br)cc2C(N)C1.NC1CNCCc2ccc(Br)cc21.NCCc1ccc(Br)cc1.O=C(NCc1c(F)cc(F)cc1F)c1cn2c(c(O)c1=O)C(=O)N1CCc3ccc(Br)cc3[C@@H]2C1.O=C(NCc1c(F)cc(F)cc1F)c1cn2c(c(O)c1=O)C(=O)N1CCc3ccc(Br)cc3[C@H]2C1. The number of carbonyl (C=O) groups is 5. The van der Waals surface area contributed by atoms with Crippen LogP contribution in [-0.2, 0) is 88.1 Å². The van der Waals surface area contributed by atoms with Crippen molar-refractivity contribution in [3.8, 4) is 11.5 Å². The maximum Gasteiger partial charge on any atom is 0.274 e. The van der Waals surface area contributed by atoms with Crippen molar-refractivity contribution in [1.82, 2.24) is 47.8 Å². The van der Waals surface area contributed by atoms with Crippen molar-refractivity contribution in [1.29, 1.82) is 0 Å². The van der Waals surface area contributed by atoms with Crippen LogP contribution < -0.4 is 44.0 Å². The summed E-state index contributed by atoms with van der Waals surface area (Å²) in [5, 5.41) is 29.1. The van der Waals surface area contributed by atoms with Crippen molar-refractivity contribution in [2.24, 2.45) is 17.2 Å². The van der Waals surface area contributed by atoms with E-state index >= 15 is 0 Å². The molecule has 788 valence electrons. The highest BCUT2D eigenvalue weighted by atomic mass is 79.9. The molecule has 4 bridgehead atoms. The molecular weight excluding hydrogens is 2430 g/mol. The van der Waals surface area contributed by atoms with Gasteiger partial charge in [0.1, 0.15) is 46.0 Å².